The minimum atomic E-state index is -4.51. The number of hydrogen-bond donors (Lipinski definition) is 0. The Bertz CT molecular complexity index is 794. The lowest BCUT2D eigenvalue weighted by Gasteiger charge is -2.20. The van der Waals surface area contributed by atoms with Crippen LogP contribution in [0.5, 0.6) is 0 Å². The molecule has 0 aliphatic carbocycles. The molecule has 0 saturated heterocycles. The molecular formula is C17H17F3N2O3S2. The van der Waals surface area contributed by atoms with E-state index in [-0.39, 0.29) is 23.2 Å². The molecule has 0 aliphatic heterocycles. The smallest absolute Gasteiger partial charge is 0.442 e. The first-order valence-electron chi connectivity index (χ1n) is 7.90. The summed E-state index contributed by atoms with van der Waals surface area (Å²) in [7, 11) is 0. The van der Waals surface area contributed by atoms with Crippen molar-refractivity contribution in [1.29, 1.82) is 0 Å². The largest absolute Gasteiger partial charge is 0.462 e. The number of carbonyl (C=O) groups excluding carboxylic acids is 2. The summed E-state index contributed by atoms with van der Waals surface area (Å²) in [6, 6.07) is 8.83. The van der Waals surface area contributed by atoms with Gasteiger partial charge in [-0.1, -0.05) is 41.7 Å². The van der Waals surface area contributed by atoms with Gasteiger partial charge in [-0.3, -0.25) is 9.69 Å². The average molecular weight is 418 g/mol. The molecule has 1 heterocycles. The number of hydrogen-bond acceptors (Lipinski definition) is 6. The SMILES string of the molecule is CCOC(=O)c1sc(N(Cc2ccccc2)C(=O)CSC(F)(F)F)nc1C. The zero-order valence-electron chi connectivity index (χ0n) is 14.6. The van der Waals surface area contributed by atoms with Crippen molar-refractivity contribution in [1.82, 2.24) is 4.98 Å². The van der Waals surface area contributed by atoms with E-state index >= 15 is 0 Å². The van der Waals surface area contributed by atoms with Crippen molar-refractivity contribution in [2.24, 2.45) is 0 Å². The molecule has 0 N–H and O–H groups in total. The summed E-state index contributed by atoms with van der Waals surface area (Å²) >= 11 is 0.520. The van der Waals surface area contributed by atoms with E-state index in [2.05, 4.69) is 4.98 Å². The summed E-state index contributed by atoms with van der Waals surface area (Å²) in [5.74, 6) is -2.09. The lowest BCUT2D eigenvalue weighted by atomic mass is 10.2. The Kier molecular flexibility index (Phi) is 7.25. The van der Waals surface area contributed by atoms with Crippen LogP contribution in [0, 0.1) is 6.92 Å². The highest BCUT2D eigenvalue weighted by molar-refractivity contribution is 8.00. The van der Waals surface area contributed by atoms with Crippen LogP contribution in [0.25, 0.3) is 0 Å². The van der Waals surface area contributed by atoms with E-state index in [9.17, 15) is 22.8 Å². The second kappa shape index (κ2) is 9.23. The number of thioether (sulfide) groups is 1. The van der Waals surface area contributed by atoms with Crippen LogP contribution in [0.4, 0.5) is 18.3 Å². The molecule has 1 amide bonds. The molecule has 27 heavy (non-hydrogen) atoms. The third-order valence-corrected chi connectivity index (χ3v) is 5.20. The fourth-order valence-electron chi connectivity index (χ4n) is 2.13. The van der Waals surface area contributed by atoms with Crippen molar-refractivity contribution in [3.63, 3.8) is 0 Å². The fourth-order valence-corrected chi connectivity index (χ4v) is 3.55. The van der Waals surface area contributed by atoms with Crippen molar-refractivity contribution in [2.75, 3.05) is 17.3 Å². The quantitative estimate of drug-likeness (QED) is 0.623. The maximum absolute atomic E-state index is 12.5. The highest BCUT2D eigenvalue weighted by atomic mass is 32.2. The second-order valence-electron chi connectivity index (χ2n) is 5.33. The lowest BCUT2D eigenvalue weighted by Crippen LogP contribution is -2.32. The number of thiazole rings is 1. The normalized spacial score (nSPS) is 11.3. The number of aromatic nitrogens is 1. The van der Waals surface area contributed by atoms with Gasteiger partial charge in [0.05, 0.1) is 24.6 Å². The molecule has 0 unspecified atom stereocenters. The second-order valence-corrected chi connectivity index (χ2v) is 7.35. The van der Waals surface area contributed by atoms with E-state index in [0.29, 0.717) is 5.69 Å². The van der Waals surface area contributed by atoms with Crippen molar-refractivity contribution < 1.29 is 27.5 Å². The van der Waals surface area contributed by atoms with E-state index in [1.54, 1.807) is 44.2 Å². The Morgan fingerprint density at radius 3 is 2.52 bits per heavy atom. The number of aryl methyl sites for hydroxylation is 1. The van der Waals surface area contributed by atoms with E-state index in [4.69, 9.17) is 4.74 Å². The van der Waals surface area contributed by atoms with Crippen LogP contribution in [0.15, 0.2) is 30.3 Å². The molecule has 0 bridgehead atoms. The number of carbonyl (C=O) groups is 2. The molecule has 0 radical (unpaired) electrons. The number of nitrogens with zero attached hydrogens (tertiary/aromatic N) is 2. The molecule has 5 nitrogen and oxygen atoms in total. The maximum atomic E-state index is 12.5. The van der Waals surface area contributed by atoms with Crippen molar-refractivity contribution in [2.45, 2.75) is 25.9 Å². The number of ether oxygens (including phenoxy) is 1. The van der Waals surface area contributed by atoms with Gasteiger partial charge in [0.1, 0.15) is 4.88 Å². The summed E-state index contributed by atoms with van der Waals surface area (Å²) in [6.07, 6.45) is 0. The van der Waals surface area contributed by atoms with Gasteiger partial charge in [-0.15, -0.1) is 0 Å². The van der Waals surface area contributed by atoms with Crippen LogP contribution < -0.4 is 4.90 Å². The third kappa shape index (κ3) is 6.24. The minimum Gasteiger partial charge on any atom is -0.462 e. The Balaban J connectivity index is 2.30. The topological polar surface area (TPSA) is 59.5 Å². The molecule has 146 valence electrons. The predicted octanol–water partition coefficient (Wildman–Crippen LogP) is 4.41. The highest BCUT2D eigenvalue weighted by Crippen LogP contribution is 2.32. The summed E-state index contributed by atoms with van der Waals surface area (Å²) in [4.78, 5) is 30.0. The van der Waals surface area contributed by atoms with Gasteiger partial charge in [0, 0.05) is 0 Å². The number of halogens is 3. The monoisotopic (exact) mass is 418 g/mol. The fraction of sp³-hybridized carbons (Fsp3) is 0.353. The number of alkyl halides is 3. The lowest BCUT2D eigenvalue weighted by molar-refractivity contribution is -0.116. The third-order valence-electron chi connectivity index (χ3n) is 3.32. The Hall–Kier alpha value is -2.07. The van der Waals surface area contributed by atoms with Crippen LogP contribution in [-0.4, -0.2) is 34.7 Å². The molecule has 0 spiro atoms. The molecule has 2 rings (SSSR count). The van der Waals surface area contributed by atoms with E-state index in [1.165, 1.54) is 0 Å². The summed E-state index contributed by atoms with van der Waals surface area (Å²) in [5, 5.41) is 0.159. The van der Waals surface area contributed by atoms with Crippen LogP contribution in [0.1, 0.15) is 27.9 Å². The molecule has 10 heteroatoms. The molecule has 1 aromatic heterocycles. The molecule has 1 aromatic carbocycles. The van der Waals surface area contributed by atoms with Gasteiger partial charge < -0.3 is 4.74 Å². The summed E-state index contributed by atoms with van der Waals surface area (Å²) < 4.78 is 42.4. The Labute approximate surface area is 162 Å². The van der Waals surface area contributed by atoms with Gasteiger partial charge in [0.2, 0.25) is 5.91 Å². The zero-order valence-corrected chi connectivity index (χ0v) is 16.2. The zero-order chi connectivity index (χ0) is 20.0. The predicted molar refractivity (Wildman–Crippen MR) is 99.0 cm³/mol. The Morgan fingerprint density at radius 1 is 1.26 bits per heavy atom. The number of benzene rings is 1. The van der Waals surface area contributed by atoms with Crippen molar-refractivity contribution in [3.8, 4) is 0 Å². The number of amides is 1. The molecule has 0 aliphatic rings. The van der Waals surface area contributed by atoms with Gasteiger partial charge in [-0.2, -0.15) is 13.2 Å². The summed E-state index contributed by atoms with van der Waals surface area (Å²) in [5.41, 5.74) is -3.42. The van der Waals surface area contributed by atoms with Crippen LogP contribution >= 0.6 is 23.1 Å². The first kappa shape index (κ1) is 21.2. The van der Waals surface area contributed by atoms with E-state index in [0.717, 1.165) is 21.8 Å². The molecule has 0 saturated carbocycles. The van der Waals surface area contributed by atoms with E-state index < -0.39 is 34.9 Å². The van der Waals surface area contributed by atoms with Gasteiger partial charge >= 0.3 is 11.5 Å². The highest BCUT2D eigenvalue weighted by Gasteiger charge is 2.32. The standard InChI is InChI=1S/C17H17F3N2O3S2/c1-3-25-15(24)14-11(2)21-16(27-14)22(9-12-7-5-4-6-8-12)13(23)10-26-17(18,19)20/h4-8H,3,9-10H2,1-2H3. The van der Waals surface area contributed by atoms with Crippen LogP contribution in [0.3, 0.4) is 0 Å². The van der Waals surface area contributed by atoms with Gasteiger partial charge in [-0.25, -0.2) is 9.78 Å². The Morgan fingerprint density at radius 2 is 1.93 bits per heavy atom. The van der Waals surface area contributed by atoms with Crippen molar-refractivity contribution >= 4 is 40.1 Å². The van der Waals surface area contributed by atoms with Gasteiger partial charge in [-0.05, 0) is 31.2 Å². The number of anilines is 1. The molecular weight excluding hydrogens is 401 g/mol. The number of rotatable bonds is 7. The molecule has 0 fully saturated rings. The van der Waals surface area contributed by atoms with Crippen molar-refractivity contribution in [3.05, 3.63) is 46.5 Å². The number of esters is 1. The summed E-state index contributed by atoms with van der Waals surface area (Å²) in [6.45, 7) is 3.48. The van der Waals surface area contributed by atoms with E-state index in [1.807, 2.05) is 0 Å². The van der Waals surface area contributed by atoms with Gasteiger partial charge in [0.15, 0.2) is 5.13 Å². The maximum Gasteiger partial charge on any atom is 0.442 e. The first-order valence-corrected chi connectivity index (χ1v) is 9.71. The van der Waals surface area contributed by atoms with Crippen LogP contribution in [-0.2, 0) is 16.1 Å². The first-order chi connectivity index (χ1) is 12.7. The molecule has 0 atom stereocenters. The average Bonchev–Trinajstić information content (AvgIpc) is 2.99. The molecule has 2 aromatic rings. The minimum absolute atomic E-state index is 0.0489. The van der Waals surface area contributed by atoms with Crippen LogP contribution in [0.2, 0.25) is 0 Å². The van der Waals surface area contributed by atoms with Gasteiger partial charge in [0.25, 0.3) is 0 Å².